The van der Waals surface area contributed by atoms with Crippen molar-refractivity contribution in [3.05, 3.63) is 60.1 Å². The largest absolute Gasteiger partial charge is 0.490 e. The van der Waals surface area contributed by atoms with Crippen molar-refractivity contribution < 1.29 is 23.4 Å². The molecule has 0 aliphatic rings. The van der Waals surface area contributed by atoms with Gasteiger partial charge in [0.05, 0.1) is 26.1 Å². The Hall–Kier alpha value is -3.48. The molecule has 2 aromatic heterocycles. The highest BCUT2D eigenvalue weighted by atomic mass is 16.5. The topological polar surface area (TPSA) is 82.8 Å². The van der Waals surface area contributed by atoms with Gasteiger partial charge in [0.25, 0.3) is 5.91 Å². The van der Waals surface area contributed by atoms with Crippen LogP contribution in [0.15, 0.2) is 53.4 Å². The second-order valence-corrected chi connectivity index (χ2v) is 6.34. The third-order valence-corrected chi connectivity index (χ3v) is 4.22. The van der Waals surface area contributed by atoms with Gasteiger partial charge >= 0.3 is 0 Å². The third-order valence-electron chi connectivity index (χ3n) is 4.22. The maximum atomic E-state index is 12.8. The van der Waals surface area contributed by atoms with E-state index in [0.717, 1.165) is 16.9 Å². The molecule has 158 valence electrons. The quantitative estimate of drug-likeness (QED) is 0.531. The van der Waals surface area contributed by atoms with Gasteiger partial charge in [0.15, 0.2) is 11.5 Å². The molecular formula is C23H26N2O5. The van der Waals surface area contributed by atoms with Crippen molar-refractivity contribution in [1.29, 1.82) is 0 Å². The number of aromatic nitrogens is 1. The second kappa shape index (κ2) is 10.3. The van der Waals surface area contributed by atoms with Gasteiger partial charge in [0.1, 0.15) is 5.76 Å². The maximum Gasteiger partial charge on any atom is 0.251 e. The van der Waals surface area contributed by atoms with Crippen molar-refractivity contribution in [1.82, 2.24) is 10.3 Å². The number of hydrogen-bond acceptors (Lipinski definition) is 6. The number of ether oxygens (including phenoxy) is 3. The van der Waals surface area contributed by atoms with Gasteiger partial charge in [-0.2, -0.15) is 0 Å². The van der Waals surface area contributed by atoms with E-state index < -0.39 is 0 Å². The second-order valence-electron chi connectivity index (χ2n) is 6.34. The van der Waals surface area contributed by atoms with Crippen LogP contribution < -0.4 is 19.5 Å². The maximum absolute atomic E-state index is 12.8. The summed E-state index contributed by atoms with van der Waals surface area (Å²) in [5.41, 5.74) is 2.14. The Morgan fingerprint density at radius 3 is 2.30 bits per heavy atom. The van der Waals surface area contributed by atoms with Gasteiger partial charge in [0.2, 0.25) is 5.75 Å². The molecule has 3 rings (SSSR count). The lowest BCUT2D eigenvalue weighted by Gasteiger charge is -2.17. The molecule has 0 aliphatic heterocycles. The van der Waals surface area contributed by atoms with Crippen LogP contribution in [0.5, 0.6) is 17.2 Å². The minimum Gasteiger partial charge on any atom is -0.490 e. The van der Waals surface area contributed by atoms with E-state index in [1.54, 1.807) is 30.8 Å². The third kappa shape index (κ3) is 5.11. The summed E-state index contributed by atoms with van der Waals surface area (Å²) >= 11 is 0. The van der Waals surface area contributed by atoms with Crippen LogP contribution in [0, 0.1) is 0 Å². The van der Waals surface area contributed by atoms with Gasteiger partial charge in [-0.25, -0.2) is 0 Å². The molecule has 0 saturated carbocycles. The van der Waals surface area contributed by atoms with E-state index >= 15 is 0 Å². The molecule has 0 fully saturated rings. The van der Waals surface area contributed by atoms with Crippen LogP contribution in [-0.2, 0) is 6.54 Å². The fraction of sp³-hybridized carbons (Fsp3) is 0.304. The lowest BCUT2D eigenvalue weighted by Crippen LogP contribution is -2.23. The molecule has 3 aromatic rings. The lowest BCUT2D eigenvalue weighted by atomic mass is 10.1. The number of carbonyl (C=O) groups excluding carboxylic acids is 1. The summed E-state index contributed by atoms with van der Waals surface area (Å²) < 4.78 is 22.5. The van der Waals surface area contributed by atoms with Crippen LogP contribution in [0.1, 0.15) is 36.7 Å². The summed E-state index contributed by atoms with van der Waals surface area (Å²) in [6, 6.07) is 8.96. The van der Waals surface area contributed by atoms with Gasteiger partial charge in [0, 0.05) is 30.1 Å². The molecule has 0 radical (unpaired) electrons. The number of nitrogens with zero attached hydrogens (tertiary/aromatic N) is 1. The van der Waals surface area contributed by atoms with Crippen molar-refractivity contribution in [2.75, 3.05) is 19.8 Å². The van der Waals surface area contributed by atoms with E-state index in [-0.39, 0.29) is 5.91 Å². The van der Waals surface area contributed by atoms with Crippen LogP contribution in [0.2, 0.25) is 0 Å². The molecule has 7 heteroatoms. The Bertz CT molecular complexity index is 942. The molecule has 2 heterocycles. The molecule has 0 saturated heterocycles. The van der Waals surface area contributed by atoms with Crippen molar-refractivity contribution in [2.24, 2.45) is 0 Å². The smallest absolute Gasteiger partial charge is 0.251 e. The van der Waals surface area contributed by atoms with Gasteiger partial charge in [-0.05, 0) is 56.7 Å². The van der Waals surface area contributed by atoms with Crippen LogP contribution in [0.25, 0.3) is 11.3 Å². The summed E-state index contributed by atoms with van der Waals surface area (Å²) in [6.45, 7) is 7.32. The highest BCUT2D eigenvalue weighted by Gasteiger charge is 2.18. The summed E-state index contributed by atoms with van der Waals surface area (Å²) in [4.78, 5) is 17.0. The predicted molar refractivity (Wildman–Crippen MR) is 113 cm³/mol. The Kier molecular flexibility index (Phi) is 7.32. The molecule has 0 aliphatic carbocycles. The summed E-state index contributed by atoms with van der Waals surface area (Å²) in [7, 11) is 0. The molecule has 7 nitrogen and oxygen atoms in total. The number of furan rings is 1. The van der Waals surface area contributed by atoms with Gasteiger partial charge < -0.3 is 23.9 Å². The zero-order chi connectivity index (χ0) is 21.3. The minimum absolute atomic E-state index is 0.247. The number of hydrogen-bond donors (Lipinski definition) is 1. The van der Waals surface area contributed by atoms with Gasteiger partial charge in [-0.3, -0.25) is 9.78 Å². The molecule has 1 amide bonds. The summed E-state index contributed by atoms with van der Waals surface area (Å²) in [5, 5.41) is 2.92. The van der Waals surface area contributed by atoms with Crippen molar-refractivity contribution in [3.63, 3.8) is 0 Å². The first-order valence-electron chi connectivity index (χ1n) is 9.98. The molecular weight excluding hydrogens is 384 g/mol. The van der Waals surface area contributed by atoms with E-state index in [9.17, 15) is 4.79 Å². The molecule has 0 spiro atoms. The van der Waals surface area contributed by atoms with Gasteiger partial charge in [-0.1, -0.05) is 0 Å². The van der Waals surface area contributed by atoms with Gasteiger partial charge in [-0.15, -0.1) is 0 Å². The first-order chi connectivity index (χ1) is 14.7. The zero-order valence-corrected chi connectivity index (χ0v) is 17.4. The lowest BCUT2D eigenvalue weighted by molar-refractivity contribution is 0.0949. The molecule has 1 aromatic carbocycles. The Morgan fingerprint density at radius 1 is 1.00 bits per heavy atom. The average Bonchev–Trinajstić information content (AvgIpc) is 3.30. The van der Waals surface area contributed by atoms with Crippen LogP contribution in [0.4, 0.5) is 0 Å². The fourth-order valence-electron chi connectivity index (χ4n) is 2.97. The average molecular weight is 410 g/mol. The normalized spacial score (nSPS) is 10.5. The van der Waals surface area contributed by atoms with E-state index in [0.29, 0.717) is 49.2 Å². The number of rotatable bonds is 10. The number of amides is 1. The Labute approximate surface area is 176 Å². The fourth-order valence-corrected chi connectivity index (χ4v) is 2.97. The SMILES string of the molecule is CCOc1cc(C(=O)NCc2cncc(-c3ccco3)c2)cc(OCC)c1OCC. The summed E-state index contributed by atoms with van der Waals surface area (Å²) in [5.74, 6) is 1.95. The molecule has 0 atom stereocenters. The zero-order valence-electron chi connectivity index (χ0n) is 17.4. The number of pyridine rings is 1. The van der Waals surface area contributed by atoms with Crippen LogP contribution in [0.3, 0.4) is 0 Å². The number of carbonyl (C=O) groups is 1. The molecule has 1 N–H and O–H groups in total. The Morgan fingerprint density at radius 2 is 1.70 bits per heavy atom. The first kappa shape index (κ1) is 21.2. The van der Waals surface area contributed by atoms with Crippen LogP contribution in [-0.4, -0.2) is 30.7 Å². The Balaban J connectivity index is 1.78. The minimum atomic E-state index is -0.247. The highest BCUT2D eigenvalue weighted by molar-refractivity contribution is 5.95. The first-order valence-corrected chi connectivity index (χ1v) is 9.98. The highest BCUT2D eigenvalue weighted by Crippen LogP contribution is 2.39. The number of nitrogens with one attached hydrogen (secondary N) is 1. The van der Waals surface area contributed by atoms with Crippen molar-refractivity contribution >= 4 is 5.91 Å². The van der Waals surface area contributed by atoms with Crippen molar-refractivity contribution in [3.8, 4) is 28.6 Å². The van der Waals surface area contributed by atoms with E-state index in [1.165, 1.54) is 0 Å². The van der Waals surface area contributed by atoms with E-state index in [4.69, 9.17) is 18.6 Å². The van der Waals surface area contributed by atoms with E-state index in [2.05, 4.69) is 10.3 Å². The predicted octanol–water partition coefficient (Wildman–Crippen LogP) is 4.47. The molecule has 0 unspecified atom stereocenters. The van der Waals surface area contributed by atoms with Crippen molar-refractivity contribution in [2.45, 2.75) is 27.3 Å². The molecule has 30 heavy (non-hydrogen) atoms. The van der Waals surface area contributed by atoms with Crippen LogP contribution >= 0.6 is 0 Å². The molecule has 0 bridgehead atoms. The monoisotopic (exact) mass is 410 g/mol. The number of benzene rings is 1. The standard InChI is InChI=1S/C23H26N2O5/c1-4-27-20-11-17(12-21(28-5-2)22(20)29-6-3)23(26)25-14-16-10-18(15-24-13-16)19-8-7-9-30-19/h7-13,15H,4-6,14H2,1-3H3,(H,25,26). The van der Waals surface area contributed by atoms with E-state index in [1.807, 2.05) is 39.0 Å². The summed E-state index contributed by atoms with van der Waals surface area (Å²) in [6.07, 6.45) is 5.04.